The number of nitrogens with one attached hydrogen (secondary N) is 3. The summed E-state index contributed by atoms with van der Waals surface area (Å²) in [5.74, 6) is -3.48. The van der Waals surface area contributed by atoms with Gasteiger partial charge in [-0.2, -0.15) is 0 Å². The first-order valence-electron chi connectivity index (χ1n) is 9.75. The molecule has 1 unspecified atom stereocenters. The normalized spacial score (nSPS) is 11.4. The number of thiazole rings is 1. The molecule has 3 rings (SSSR count). The van der Waals surface area contributed by atoms with Gasteiger partial charge in [0, 0.05) is 18.0 Å². The van der Waals surface area contributed by atoms with Crippen molar-refractivity contribution in [3.05, 3.63) is 65.9 Å². The van der Waals surface area contributed by atoms with E-state index in [4.69, 9.17) is 11.1 Å². The average Bonchev–Trinajstić information content (AvgIpc) is 3.17. The molecule has 1 atom stereocenters. The lowest BCUT2D eigenvalue weighted by Crippen LogP contribution is -2.20. The maximum atomic E-state index is 12.7. The molecule has 0 bridgehead atoms. The molecular formula is C22H21N5O5S. The van der Waals surface area contributed by atoms with Crippen molar-refractivity contribution in [2.24, 2.45) is 5.73 Å². The number of carboxylic acids is 2. The largest absolute Gasteiger partial charge is 0.481 e. The molecule has 11 heteroatoms. The molecule has 0 aliphatic rings. The Morgan fingerprint density at radius 1 is 1.03 bits per heavy atom. The van der Waals surface area contributed by atoms with Crippen molar-refractivity contribution < 1.29 is 24.6 Å². The Bertz CT molecular complexity index is 1190. The van der Waals surface area contributed by atoms with Gasteiger partial charge in [0.1, 0.15) is 0 Å². The summed E-state index contributed by atoms with van der Waals surface area (Å²) in [6.45, 7) is 0. The summed E-state index contributed by atoms with van der Waals surface area (Å²) in [7, 11) is 0. The minimum atomic E-state index is -1.24. The van der Waals surface area contributed by atoms with E-state index < -0.39 is 17.9 Å². The number of hydrogen-bond acceptors (Lipinski definition) is 6. The van der Waals surface area contributed by atoms with E-state index >= 15 is 0 Å². The number of nitrogens with zero attached hydrogens (tertiary/aromatic N) is 1. The van der Waals surface area contributed by atoms with Crippen molar-refractivity contribution in [1.82, 2.24) is 4.98 Å². The lowest BCUT2D eigenvalue weighted by atomic mass is 9.92. The van der Waals surface area contributed by atoms with Crippen LogP contribution in [-0.2, 0) is 9.59 Å². The second-order valence-electron chi connectivity index (χ2n) is 7.08. The number of guanidine groups is 1. The average molecular weight is 468 g/mol. The van der Waals surface area contributed by atoms with Gasteiger partial charge >= 0.3 is 11.9 Å². The Balaban J connectivity index is 1.80. The van der Waals surface area contributed by atoms with Crippen molar-refractivity contribution in [3.8, 4) is 10.4 Å². The third kappa shape index (κ3) is 6.37. The number of carbonyl (C=O) groups is 3. The number of carbonyl (C=O) groups excluding carboxylic acids is 1. The number of aromatic nitrogens is 1. The fourth-order valence-corrected chi connectivity index (χ4v) is 4.21. The summed E-state index contributed by atoms with van der Waals surface area (Å²) >= 11 is 1.01. The van der Waals surface area contributed by atoms with E-state index in [1.54, 1.807) is 48.5 Å². The molecule has 1 amide bonds. The molecule has 0 aliphatic carbocycles. The Morgan fingerprint density at radius 3 is 2.39 bits per heavy atom. The molecular weight excluding hydrogens is 446 g/mol. The molecule has 1 aromatic heterocycles. The van der Waals surface area contributed by atoms with Gasteiger partial charge in [-0.05, 0) is 23.3 Å². The van der Waals surface area contributed by atoms with Crippen LogP contribution in [0.15, 0.2) is 54.6 Å². The van der Waals surface area contributed by atoms with Gasteiger partial charge in [-0.25, -0.2) is 9.78 Å². The highest BCUT2D eigenvalue weighted by Gasteiger charge is 2.21. The molecule has 0 spiro atoms. The summed E-state index contributed by atoms with van der Waals surface area (Å²) in [5, 5.41) is 31.4. The zero-order valence-corrected chi connectivity index (χ0v) is 18.1. The van der Waals surface area contributed by atoms with Gasteiger partial charge < -0.3 is 26.6 Å². The number of aromatic carboxylic acids is 1. The van der Waals surface area contributed by atoms with Crippen molar-refractivity contribution in [3.63, 3.8) is 0 Å². The van der Waals surface area contributed by atoms with Gasteiger partial charge in [0.05, 0.1) is 11.3 Å². The van der Waals surface area contributed by atoms with Crippen LogP contribution >= 0.6 is 11.3 Å². The fourth-order valence-electron chi connectivity index (χ4n) is 3.25. The summed E-state index contributed by atoms with van der Waals surface area (Å²) in [5.41, 5.74) is 6.77. The van der Waals surface area contributed by atoms with Crippen LogP contribution in [0.2, 0.25) is 0 Å². The van der Waals surface area contributed by atoms with Gasteiger partial charge in [-0.15, -0.1) is 0 Å². The smallest absolute Gasteiger partial charge is 0.356 e. The second kappa shape index (κ2) is 10.4. The van der Waals surface area contributed by atoms with Gasteiger partial charge in [-0.3, -0.25) is 15.0 Å². The molecule has 10 nitrogen and oxygen atoms in total. The van der Waals surface area contributed by atoms with Crippen LogP contribution < -0.4 is 16.4 Å². The number of rotatable bonds is 9. The maximum Gasteiger partial charge on any atom is 0.356 e. The van der Waals surface area contributed by atoms with E-state index in [2.05, 4.69) is 15.6 Å². The summed E-state index contributed by atoms with van der Waals surface area (Å²) < 4.78 is 0. The molecule has 0 aliphatic heterocycles. The van der Waals surface area contributed by atoms with Crippen molar-refractivity contribution in [2.75, 3.05) is 10.6 Å². The number of carboxylic acid groups (broad SMARTS) is 2. The topological polar surface area (TPSA) is 178 Å². The van der Waals surface area contributed by atoms with Crippen LogP contribution in [0.3, 0.4) is 0 Å². The molecule has 170 valence electrons. The standard InChI is InChI=1S/C22H21N5O5S/c23-21(24)27-22-26-18(20(31)32)19(33-22)13-7-4-8-15(9-13)25-16(28)10-14(11-17(29)30)12-5-2-1-3-6-12/h1-9,14H,10-11H2,(H,25,28)(H,29,30)(H,31,32)(H4,23,24,26,27). The van der Waals surface area contributed by atoms with E-state index in [9.17, 15) is 24.6 Å². The van der Waals surface area contributed by atoms with Gasteiger partial charge in [0.15, 0.2) is 16.8 Å². The Morgan fingerprint density at radius 2 is 1.76 bits per heavy atom. The van der Waals surface area contributed by atoms with Gasteiger partial charge in [0.2, 0.25) is 5.91 Å². The Hall–Kier alpha value is -4.25. The fraction of sp³-hybridized carbons (Fsp3) is 0.136. The highest BCUT2D eigenvalue weighted by molar-refractivity contribution is 7.19. The SMILES string of the molecule is N=C(N)Nc1nc(C(=O)O)c(-c2cccc(NC(=O)CC(CC(=O)O)c3ccccc3)c2)s1. The Kier molecular flexibility index (Phi) is 7.36. The number of amides is 1. The van der Waals surface area contributed by atoms with Crippen LogP contribution in [-0.4, -0.2) is 39.0 Å². The first kappa shape index (κ1) is 23.4. The molecule has 3 aromatic rings. The van der Waals surface area contributed by atoms with Crippen LogP contribution in [0, 0.1) is 5.41 Å². The second-order valence-corrected chi connectivity index (χ2v) is 8.08. The molecule has 0 saturated heterocycles. The third-order valence-electron chi connectivity index (χ3n) is 4.60. The summed E-state index contributed by atoms with van der Waals surface area (Å²) in [6.07, 6.45) is -0.222. The predicted molar refractivity (Wildman–Crippen MR) is 125 cm³/mol. The number of anilines is 2. The summed E-state index contributed by atoms with van der Waals surface area (Å²) in [4.78, 5) is 39.8. The van der Waals surface area contributed by atoms with Crippen LogP contribution in [0.1, 0.15) is 34.8 Å². The van der Waals surface area contributed by atoms with E-state index in [0.717, 1.165) is 16.9 Å². The highest BCUT2D eigenvalue weighted by Crippen LogP contribution is 2.34. The highest BCUT2D eigenvalue weighted by atomic mass is 32.1. The molecule has 0 saturated carbocycles. The predicted octanol–water partition coefficient (Wildman–Crippen LogP) is 3.40. The monoisotopic (exact) mass is 467 g/mol. The zero-order valence-electron chi connectivity index (χ0n) is 17.2. The number of hydrogen-bond donors (Lipinski definition) is 6. The third-order valence-corrected chi connectivity index (χ3v) is 5.62. The molecule has 0 radical (unpaired) electrons. The maximum absolute atomic E-state index is 12.7. The van der Waals surface area contributed by atoms with Crippen LogP contribution in [0.5, 0.6) is 0 Å². The van der Waals surface area contributed by atoms with Crippen LogP contribution in [0.25, 0.3) is 10.4 Å². The van der Waals surface area contributed by atoms with Crippen molar-refractivity contribution >= 4 is 46.0 Å². The van der Waals surface area contributed by atoms with Crippen molar-refractivity contribution in [1.29, 1.82) is 5.41 Å². The first-order valence-corrected chi connectivity index (χ1v) is 10.6. The lowest BCUT2D eigenvalue weighted by Gasteiger charge is -2.15. The van der Waals surface area contributed by atoms with Crippen LogP contribution in [0.4, 0.5) is 10.8 Å². The number of nitrogens with two attached hydrogens (primary N) is 1. The quantitative estimate of drug-likeness (QED) is 0.205. The number of aliphatic carboxylic acids is 1. The first-order chi connectivity index (χ1) is 15.7. The summed E-state index contributed by atoms with van der Waals surface area (Å²) in [6, 6.07) is 15.5. The van der Waals surface area contributed by atoms with Gasteiger partial charge in [0.25, 0.3) is 0 Å². The van der Waals surface area contributed by atoms with Crippen molar-refractivity contribution in [2.45, 2.75) is 18.8 Å². The minimum absolute atomic E-state index is 0.0336. The molecule has 7 N–H and O–H groups in total. The molecule has 0 fully saturated rings. The molecule has 2 aromatic carbocycles. The molecule has 33 heavy (non-hydrogen) atoms. The number of benzene rings is 2. The van der Waals surface area contributed by atoms with Gasteiger partial charge in [-0.1, -0.05) is 53.8 Å². The van der Waals surface area contributed by atoms with E-state index in [-0.39, 0.29) is 35.5 Å². The zero-order chi connectivity index (χ0) is 24.0. The molecule has 1 heterocycles. The van der Waals surface area contributed by atoms with E-state index in [1.807, 2.05) is 6.07 Å². The lowest BCUT2D eigenvalue weighted by molar-refractivity contribution is -0.137. The van der Waals surface area contributed by atoms with E-state index in [1.165, 1.54) is 0 Å². The minimum Gasteiger partial charge on any atom is -0.481 e. The van der Waals surface area contributed by atoms with E-state index in [0.29, 0.717) is 16.1 Å². The Labute approximate surface area is 192 Å².